The molecule has 42 valence electrons. The first-order chi connectivity index (χ1) is 4.00. The predicted octanol–water partition coefficient (Wildman–Crippen LogP) is 1.83. The minimum absolute atomic E-state index is 1.04. The fourth-order valence-electron chi connectivity index (χ4n) is 0.405. The van der Waals surface area contributed by atoms with Gasteiger partial charge in [-0.05, 0) is 11.5 Å². The van der Waals surface area contributed by atoms with Crippen molar-refractivity contribution >= 4 is 18.0 Å². The van der Waals surface area contributed by atoms with Crippen molar-refractivity contribution in [1.82, 2.24) is 0 Å². The second kappa shape index (κ2) is 3.50. The highest BCUT2D eigenvalue weighted by Crippen LogP contribution is 2.02. The minimum atomic E-state index is 1.04. The molecular weight excluding hydrogens is 118 g/mol. The van der Waals surface area contributed by atoms with Crippen LogP contribution in [0.15, 0.2) is 28.8 Å². The highest BCUT2D eigenvalue weighted by atomic mass is 32.2. The lowest BCUT2D eigenvalue weighted by atomic mass is 10.6. The Balaban J connectivity index is 2.51. The fourth-order valence-corrected chi connectivity index (χ4v) is 0.895. The molecule has 0 fully saturated rings. The summed E-state index contributed by atoms with van der Waals surface area (Å²) in [6.07, 6.45) is 7.57. The summed E-state index contributed by atoms with van der Waals surface area (Å²) in [4.78, 5) is 3.93. The number of aliphatic imine (C=N–C) groups is 1. The van der Waals surface area contributed by atoms with Crippen LogP contribution in [0.2, 0.25) is 0 Å². The summed E-state index contributed by atoms with van der Waals surface area (Å²) in [5, 5.41) is 2.03. The van der Waals surface area contributed by atoms with E-state index in [1.54, 1.807) is 18.0 Å². The smallest absolute Gasteiger partial charge is 0.0272 e. The van der Waals surface area contributed by atoms with Crippen LogP contribution in [-0.2, 0) is 0 Å². The van der Waals surface area contributed by atoms with E-state index >= 15 is 0 Å². The van der Waals surface area contributed by atoms with Crippen molar-refractivity contribution < 1.29 is 0 Å². The van der Waals surface area contributed by atoms with Crippen molar-refractivity contribution in [3.63, 3.8) is 0 Å². The van der Waals surface area contributed by atoms with Crippen LogP contribution >= 0.6 is 11.8 Å². The lowest BCUT2D eigenvalue weighted by Gasteiger charge is -1.86. The molecular formula is C6H7NS. The van der Waals surface area contributed by atoms with Crippen molar-refractivity contribution in [3.05, 3.63) is 23.8 Å². The first-order valence-corrected chi connectivity index (χ1v) is 3.50. The maximum atomic E-state index is 3.93. The van der Waals surface area contributed by atoms with Crippen LogP contribution in [-0.4, -0.2) is 12.0 Å². The molecule has 1 nitrogen and oxygen atoms in total. The van der Waals surface area contributed by atoms with Gasteiger partial charge in [-0.3, -0.25) is 4.99 Å². The van der Waals surface area contributed by atoms with E-state index < -0.39 is 0 Å². The molecule has 0 saturated heterocycles. The molecule has 2 heteroatoms. The van der Waals surface area contributed by atoms with E-state index in [-0.39, 0.29) is 0 Å². The van der Waals surface area contributed by atoms with E-state index in [2.05, 4.69) is 4.99 Å². The molecule has 0 spiro atoms. The van der Waals surface area contributed by atoms with E-state index in [1.807, 2.05) is 23.8 Å². The van der Waals surface area contributed by atoms with Crippen LogP contribution in [0.4, 0.5) is 0 Å². The second-order valence-corrected chi connectivity index (χ2v) is 2.28. The van der Waals surface area contributed by atoms with Crippen LogP contribution in [0.5, 0.6) is 0 Å². The number of nitrogens with zero attached hydrogens (tertiary/aromatic N) is 1. The van der Waals surface area contributed by atoms with Gasteiger partial charge in [0.25, 0.3) is 0 Å². The average Bonchev–Trinajstić information content (AvgIpc) is 1.62. The summed E-state index contributed by atoms with van der Waals surface area (Å²) in [5.74, 6) is 1.04. The molecule has 8 heavy (non-hydrogen) atoms. The van der Waals surface area contributed by atoms with Gasteiger partial charge in [0.15, 0.2) is 0 Å². The Labute approximate surface area is 53.2 Å². The Hall–Kier alpha value is -0.500. The van der Waals surface area contributed by atoms with Crippen LogP contribution < -0.4 is 0 Å². The van der Waals surface area contributed by atoms with E-state index in [4.69, 9.17) is 0 Å². The number of hydrogen-bond donors (Lipinski definition) is 0. The molecule has 0 aliphatic carbocycles. The summed E-state index contributed by atoms with van der Waals surface area (Å²) in [6.45, 7) is 0. The molecule has 0 amide bonds. The van der Waals surface area contributed by atoms with Crippen molar-refractivity contribution in [2.75, 3.05) is 5.75 Å². The summed E-state index contributed by atoms with van der Waals surface area (Å²) >= 11 is 1.77. The van der Waals surface area contributed by atoms with Crippen molar-refractivity contribution in [2.24, 2.45) is 4.99 Å². The summed E-state index contributed by atoms with van der Waals surface area (Å²) in [5.41, 5.74) is 0. The first kappa shape index (κ1) is 5.63. The van der Waals surface area contributed by atoms with Crippen LogP contribution in [0, 0.1) is 0 Å². The Bertz CT molecular complexity index is 119. The van der Waals surface area contributed by atoms with Gasteiger partial charge in [0.05, 0.1) is 0 Å². The van der Waals surface area contributed by atoms with Gasteiger partial charge in [0.2, 0.25) is 0 Å². The molecule has 1 aliphatic heterocycles. The number of allylic oxidation sites excluding steroid dienone is 1. The summed E-state index contributed by atoms with van der Waals surface area (Å²) in [6, 6.07) is 0. The second-order valence-electron chi connectivity index (χ2n) is 1.34. The van der Waals surface area contributed by atoms with Gasteiger partial charge in [0.1, 0.15) is 0 Å². The highest BCUT2D eigenvalue weighted by molar-refractivity contribution is 8.02. The normalized spacial score (nSPS) is 18.0. The first-order valence-electron chi connectivity index (χ1n) is 2.45. The molecule has 1 heterocycles. The number of thioether (sulfide) groups is 1. The molecule has 0 unspecified atom stereocenters. The van der Waals surface area contributed by atoms with Gasteiger partial charge >= 0.3 is 0 Å². The van der Waals surface area contributed by atoms with Gasteiger partial charge < -0.3 is 0 Å². The molecule has 1 rings (SSSR count). The van der Waals surface area contributed by atoms with Crippen molar-refractivity contribution in [3.8, 4) is 0 Å². The topological polar surface area (TPSA) is 12.4 Å². The lowest BCUT2D eigenvalue weighted by molar-refractivity contribution is 1.55. The Morgan fingerprint density at radius 2 is 2.50 bits per heavy atom. The van der Waals surface area contributed by atoms with Gasteiger partial charge in [-0.25, -0.2) is 0 Å². The van der Waals surface area contributed by atoms with Gasteiger partial charge in [-0.15, -0.1) is 11.8 Å². The zero-order chi connectivity index (χ0) is 5.66. The van der Waals surface area contributed by atoms with Crippen molar-refractivity contribution in [1.29, 1.82) is 0 Å². The molecule has 0 N–H and O–H groups in total. The SMILES string of the molecule is C1=CSCC=CN=C1. The third-order valence-electron chi connectivity index (χ3n) is 0.731. The Morgan fingerprint density at radius 1 is 1.50 bits per heavy atom. The number of rotatable bonds is 0. The van der Waals surface area contributed by atoms with E-state index in [0.717, 1.165) is 5.75 Å². The zero-order valence-electron chi connectivity index (χ0n) is 4.45. The molecule has 0 saturated carbocycles. The van der Waals surface area contributed by atoms with E-state index in [9.17, 15) is 0 Å². The third-order valence-corrected chi connectivity index (χ3v) is 1.47. The van der Waals surface area contributed by atoms with Gasteiger partial charge in [-0.1, -0.05) is 6.08 Å². The van der Waals surface area contributed by atoms with E-state index in [1.165, 1.54) is 0 Å². The molecule has 0 aromatic heterocycles. The van der Waals surface area contributed by atoms with Crippen molar-refractivity contribution in [2.45, 2.75) is 0 Å². The minimum Gasteiger partial charge on any atom is -0.265 e. The maximum absolute atomic E-state index is 3.93. The van der Waals surface area contributed by atoms with Crippen LogP contribution in [0.25, 0.3) is 0 Å². The van der Waals surface area contributed by atoms with Crippen LogP contribution in [0.1, 0.15) is 0 Å². The third kappa shape index (κ3) is 1.98. The molecule has 0 atom stereocenters. The maximum Gasteiger partial charge on any atom is 0.0272 e. The largest absolute Gasteiger partial charge is 0.265 e. The van der Waals surface area contributed by atoms with Crippen LogP contribution in [0.3, 0.4) is 0 Å². The molecule has 0 aromatic carbocycles. The Kier molecular flexibility index (Phi) is 2.46. The monoisotopic (exact) mass is 125 g/mol. The average molecular weight is 125 g/mol. The predicted molar refractivity (Wildman–Crippen MR) is 39.2 cm³/mol. The van der Waals surface area contributed by atoms with Gasteiger partial charge in [-0.2, -0.15) is 0 Å². The standard InChI is InChI=1S/C6H7NS/c1-3-7-4-2-6-8-5-1/h1-5H,6H2. The van der Waals surface area contributed by atoms with Gasteiger partial charge in [0, 0.05) is 18.2 Å². The van der Waals surface area contributed by atoms with E-state index in [0.29, 0.717) is 0 Å². The lowest BCUT2D eigenvalue weighted by Crippen LogP contribution is -1.69. The summed E-state index contributed by atoms with van der Waals surface area (Å²) < 4.78 is 0. The summed E-state index contributed by atoms with van der Waals surface area (Å²) in [7, 11) is 0. The quantitative estimate of drug-likeness (QED) is 0.481. The fraction of sp³-hybridized carbons (Fsp3) is 0.167. The molecule has 1 aliphatic rings. The Morgan fingerprint density at radius 3 is 3.50 bits per heavy atom. The molecule has 0 radical (unpaired) electrons. The zero-order valence-corrected chi connectivity index (χ0v) is 5.27. The molecule has 0 bridgehead atoms. The number of hydrogen-bond acceptors (Lipinski definition) is 2. The molecule has 0 aromatic rings. The highest BCUT2D eigenvalue weighted by Gasteiger charge is 1.76.